The first-order valence-corrected chi connectivity index (χ1v) is 11.3. The monoisotopic (exact) mass is 484 g/mol. The van der Waals surface area contributed by atoms with Crippen LogP contribution in [0.1, 0.15) is 16.7 Å². The number of rotatable bonds is 9. The minimum atomic E-state index is -0.753. The molecule has 0 saturated heterocycles. The minimum Gasteiger partial charge on any atom is -0.484 e. The van der Waals surface area contributed by atoms with Crippen molar-refractivity contribution in [1.82, 2.24) is 10.2 Å². The highest BCUT2D eigenvalue weighted by Gasteiger charge is 2.30. The van der Waals surface area contributed by atoms with E-state index >= 15 is 0 Å². The summed E-state index contributed by atoms with van der Waals surface area (Å²) >= 11 is 12.4. The smallest absolute Gasteiger partial charge is 0.261 e. The van der Waals surface area contributed by atoms with Crippen molar-refractivity contribution in [3.05, 3.63) is 99.5 Å². The van der Waals surface area contributed by atoms with Gasteiger partial charge < -0.3 is 15.0 Å². The summed E-state index contributed by atoms with van der Waals surface area (Å²) in [5.41, 5.74) is 2.54. The zero-order chi connectivity index (χ0) is 23.8. The first kappa shape index (κ1) is 24.6. The zero-order valence-electron chi connectivity index (χ0n) is 18.6. The van der Waals surface area contributed by atoms with Crippen LogP contribution in [0.5, 0.6) is 5.75 Å². The van der Waals surface area contributed by atoms with Crippen LogP contribution in [0.15, 0.2) is 72.8 Å². The molecule has 0 aliphatic carbocycles. The Kier molecular flexibility index (Phi) is 8.75. The maximum atomic E-state index is 13.4. The van der Waals surface area contributed by atoms with Crippen molar-refractivity contribution in [1.29, 1.82) is 0 Å². The summed E-state index contributed by atoms with van der Waals surface area (Å²) in [6, 6.07) is 21.4. The molecule has 0 heterocycles. The van der Waals surface area contributed by atoms with E-state index in [0.717, 1.165) is 11.1 Å². The summed E-state index contributed by atoms with van der Waals surface area (Å²) in [5, 5.41) is 3.61. The van der Waals surface area contributed by atoms with Crippen LogP contribution in [0, 0.1) is 6.92 Å². The number of halogens is 2. The third-order valence-corrected chi connectivity index (χ3v) is 5.90. The molecule has 3 aromatic carbocycles. The van der Waals surface area contributed by atoms with Gasteiger partial charge in [-0.1, -0.05) is 77.8 Å². The van der Waals surface area contributed by atoms with E-state index in [9.17, 15) is 9.59 Å². The molecular formula is C26H26Cl2N2O3. The number of benzene rings is 3. The molecule has 7 heteroatoms. The second-order valence-electron chi connectivity index (χ2n) is 7.63. The maximum absolute atomic E-state index is 13.4. The van der Waals surface area contributed by atoms with Gasteiger partial charge in [0, 0.05) is 30.1 Å². The van der Waals surface area contributed by atoms with Crippen molar-refractivity contribution < 1.29 is 14.3 Å². The van der Waals surface area contributed by atoms with E-state index in [1.165, 1.54) is 4.90 Å². The van der Waals surface area contributed by atoms with Gasteiger partial charge in [0.05, 0.1) is 0 Å². The number of hydrogen-bond donors (Lipinski definition) is 1. The molecule has 1 N–H and O–H groups in total. The van der Waals surface area contributed by atoms with E-state index < -0.39 is 6.04 Å². The Morgan fingerprint density at radius 3 is 2.36 bits per heavy atom. The van der Waals surface area contributed by atoms with E-state index in [-0.39, 0.29) is 25.0 Å². The fourth-order valence-electron chi connectivity index (χ4n) is 3.49. The Bertz CT molecular complexity index is 1110. The summed E-state index contributed by atoms with van der Waals surface area (Å²) in [6.07, 6.45) is 0.349. The molecule has 0 bridgehead atoms. The molecule has 0 spiro atoms. The zero-order valence-corrected chi connectivity index (χ0v) is 20.1. The van der Waals surface area contributed by atoms with Crippen molar-refractivity contribution in [2.24, 2.45) is 0 Å². The predicted molar refractivity (Wildman–Crippen MR) is 132 cm³/mol. The van der Waals surface area contributed by atoms with Gasteiger partial charge in [0.1, 0.15) is 11.8 Å². The van der Waals surface area contributed by atoms with Gasteiger partial charge in [-0.15, -0.1) is 0 Å². The van der Waals surface area contributed by atoms with Crippen molar-refractivity contribution in [2.75, 3.05) is 13.7 Å². The van der Waals surface area contributed by atoms with Gasteiger partial charge >= 0.3 is 0 Å². The Morgan fingerprint density at radius 1 is 1.00 bits per heavy atom. The molecule has 0 radical (unpaired) electrons. The number of carbonyl (C=O) groups excluding carboxylic acids is 2. The van der Waals surface area contributed by atoms with Crippen molar-refractivity contribution >= 4 is 35.0 Å². The van der Waals surface area contributed by atoms with Gasteiger partial charge in [0.15, 0.2) is 6.61 Å². The first-order valence-electron chi connectivity index (χ1n) is 10.6. The molecule has 1 atom stereocenters. The molecule has 5 nitrogen and oxygen atoms in total. The van der Waals surface area contributed by atoms with Crippen LogP contribution in [0.25, 0.3) is 0 Å². The topological polar surface area (TPSA) is 58.6 Å². The molecule has 3 rings (SSSR count). The SMILES string of the molecule is CNC(=O)C(Cc1ccccc1)N(Cc1ccc(Cl)cc1Cl)C(=O)COc1ccccc1C. The standard InChI is InChI=1S/C26H26Cl2N2O3/c1-18-8-6-7-11-24(18)33-17-25(31)30(16-20-12-13-21(27)15-22(20)28)23(26(32)29-2)14-19-9-4-3-5-10-19/h3-13,15,23H,14,16-17H2,1-2H3,(H,29,32). The lowest BCUT2D eigenvalue weighted by Crippen LogP contribution is -2.51. The number of hydrogen-bond acceptors (Lipinski definition) is 3. The highest BCUT2D eigenvalue weighted by atomic mass is 35.5. The molecule has 0 saturated carbocycles. The number of aryl methyl sites for hydroxylation is 1. The molecule has 0 aliphatic heterocycles. The van der Waals surface area contributed by atoms with Crippen LogP contribution < -0.4 is 10.1 Å². The average Bonchev–Trinajstić information content (AvgIpc) is 2.82. The van der Waals surface area contributed by atoms with Gasteiger partial charge in [0.2, 0.25) is 5.91 Å². The molecule has 2 amide bonds. The van der Waals surface area contributed by atoms with Gasteiger partial charge in [0.25, 0.3) is 5.91 Å². The summed E-state index contributed by atoms with van der Waals surface area (Å²) in [5.74, 6) is 0.0249. The Hall–Kier alpha value is -3.02. The van der Waals surface area contributed by atoms with Crippen LogP contribution in [-0.2, 0) is 22.6 Å². The lowest BCUT2D eigenvalue weighted by molar-refractivity contribution is -0.142. The number of nitrogens with one attached hydrogen (secondary N) is 1. The Labute approximate surface area is 204 Å². The second-order valence-corrected chi connectivity index (χ2v) is 8.47. The number of ether oxygens (including phenoxy) is 1. The molecule has 0 aromatic heterocycles. The third-order valence-electron chi connectivity index (χ3n) is 5.32. The lowest BCUT2D eigenvalue weighted by Gasteiger charge is -2.31. The summed E-state index contributed by atoms with van der Waals surface area (Å²) < 4.78 is 5.80. The van der Waals surface area contributed by atoms with E-state index in [1.54, 1.807) is 25.2 Å². The molecule has 0 fully saturated rings. The maximum Gasteiger partial charge on any atom is 0.261 e. The molecule has 172 valence electrons. The Balaban J connectivity index is 1.91. The molecule has 33 heavy (non-hydrogen) atoms. The van der Waals surface area contributed by atoms with Crippen molar-refractivity contribution in [3.8, 4) is 5.75 Å². The first-order chi connectivity index (χ1) is 15.9. The van der Waals surface area contributed by atoms with Crippen LogP contribution >= 0.6 is 23.2 Å². The average molecular weight is 485 g/mol. The van der Waals surface area contributed by atoms with Crippen LogP contribution in [0.4, 0.5) is 0 Å². The highest BCUT2D eigenvalue weighted by molar-refractivity contribution is 6.35. The second kappa shape index (κ2) is 11.7. The van der Waals surface area contributed by atoms with Gasteiger partial charge in [-0.25, -0.2) is 0 Å². The summed E-state index contributed by atoms with van der Waals surface area (Å²) in [6.45, 7) is 1.84. The fraction of sp³-hybridized carbons (Fsp3) is 0.231. The number of carbonyl (C=O) groups is 2. The predicted octanol–water partition coefficient (Wildman–Crippen LogP) is 5.07. The van der Waals surface area contributed by atoms with Gasteiger partial charge in [-0.2, -0.15) is 0 Å². The summed E-state index contributed by atoms with van der Waals surface area (Å²) in [4.78, 5) is 27.8. The molecular weight excluding hydrogens is 459 g/mol. The molecule has 1 unspecified atom stereocenters. The fourth-order valence-corrected chi connectivity index (χ4v) is 3.96. The van der Waals surface area contributed by atoms with Crippen LogP contribution in [-0.4, -0.2) is 36.4 Å². The van der Waals surface area contributed by atoms with E-state index in [1.807, 2.05) is 61.5 Å². The molecule has 0 aliphatic rings. The van der Waals surface area contributed by atoms with Gasteiger partial charge in [-0.3, -0.25) is 9.59 Å². The van der Waals surface area contributed by atoms with Gasteiger partial charge in [-0.05, 0) is 41.8 Å². The number of nitrogens with zero attached hydrogens (tertiary/aromatic N) is 1. The van der Waals surface area contributed by atoms with Crippen LogP contribution in [0.2, 0.25) is 10.0 Å². The van der Waals surface area contributed by atoms with E-state index in [0.29, 0.717) is 27.8 Å². The van der Waals surface area contributed by atoms with E-state index in [4.69, 9.17) is 27.9 Å². The normalized spacial score (nSPS) is 11.5. The number of likely N-dealkylation sites (N-methyl/N-ethyl adjacent to an activating group) is 1. The van der Waals surface area contributed by atoms with Crippen molar-refractivity contribution in [3.63, 3.8) is 0 Å². The quantitative estimate of drug-likeness (QED) is 0.461. The minimum absolute atomic E-state index is 0.136. The number of para-hydroxylation sites is 1. The molecule has 3 aromatic rings. The lowest BCUT2D eigenvalue weighted by atomic mass is 10.0. The third kappa shape index (κ3) is 6.73. The summed E-state index contributed by atoms with van der Waals surface area (Å²) in [7, 11) is 1.56. The highest BCUT2D eigenvalue weighted by Crippen LogP contribution is 2.24. The number of amides is 2. The largest absolute Gasteiger partial charge is 0.484 e. The Morgan fingerprint density at radius 2 is 1.70 bits per heavy atom. The van der Waals surface area contributed by atoms with Crippen LogP contribution in [0.3, 0.4) is 0 Å². The van der Waals surface area contributed by atoms with Crippen molar-refractivity contribution in [2.45, 2.75) is 25.9 Å². The van der Waals surface area contributed by atoms with E-state index in [2.05, 4.69) is 5.32 Å².